The lowest BCUT2D eigenvalue weighted by atomic mass is 10.1. The molecular formula is C26H26N2O7S. The van der Waals surface area contributed by atoms with Gasteiger partial charge in [-0.15, -0.1) is 0 Å². The molecular weight excluding hydrogens is 484 g/mol. The van der Waals surface area contributed by atoms with Crippen molar-refractivity contribution in [3.8, 4) is 0 Å². The highest BCUT2D eigenvalue weighted by Gasteiger charge is 2.16. The fraction of sp³-hybridized carbons (Fsp3) is 0.192. The number of esters is 2. The largest absolute Gasteiger partial charge is 0.465 e. The SMILES string of the molecule is COC(=O)c1cc(NC(=O)CCc2ccc(S(=O)(=O)Nc3ccc(C)cc3)cc2)cc(C(=O)OC)c1. The fourth-order valence-corrected chi connectivity index (χ4v) is 4.38. The molecule has 0 bridgehead atoms. The summed E-state index contributed by atoms with van der Waals surface area (Å²) in [5.74, 6) is -1.68. The number of ether oxygens (including phenoxy) is 2. The molecule has 0 fully saturated rings. The van der Waals surface area contributed by atoms with Crippen molar-refractivity contribution in [3.63, 3.8) is 0 Å². The van der Waals surface area contributed by atoms with E-state index in [4.69, 9.17) is 9.47 Å². The smallest absolute Gasteiger partial charge is 0.337 e. The molecule has 0 heterocycles. The van der Waals surface area contributed by atoms with Crippen LogP contribution in [0.25, 0.3) is 0 Å². The quantitative estimate of drug-likeness (QED) is 0.417. The molecule has 0 aliphatic carbocycles. The summed E-state index contributed by atoms with van der Waals surface area (Å²) >= 11 is 0. The average Bonchev–Trinajstić information content (AvgIpc) is 2.87. The van der Waals surface area contributed by atoms with Crippen molar-refractivity contribution in [1.82, 2.24) is 0 Å². The number of hydrogen-bond donors (Lipinski definition) is 2. The number of anilines is 2. The van der Waals surface area contributed by atoms with Gasteiger partial charge in [0.2, 0.25) is 5.91 Å². The van der Waals surface area contributed by atoms with Crippen LogP contribution in [0.4, 0.5) is 11.4 Å². The average molecular weight is 511 g/mol. The third-order valence-corrected chi connectivity index (χ3v) is 6.63. The van der Waals surface area contributed by atoms with Gasteiger partial charge in [0, 0.05) is 17.8 Å². The van der Waals surface area contributed by atoms with E-state index in [1.807, 2.05) is 19.1 Å². The fourth-order valence-electron chi connectivity index (χ4n) is 3.32. The van der Waals surface area contributed by atoms with Crippen LogP contribution >= 0.6 is 0 Å². The highest BCUT2D eigenvalue weighted by molar-refractivity contribution is 7.92. The molecule has 1 amide bonds. The van der Waals surface area contributed by atoms with Crippen molar-refractivity contribution in [2.24, 2.45) is 0 Å². The van der Waals surface area contributed by atoms with E-state index in [-0.39, 0.29) is 34.0 Å². The van der Waals surface area contributed by atoms with E-state index in [0.717, 1.165) is 11.1 Å². The summed E-state index contributed by atoms with van der Waals surface area (Å²) in [6.07, 6.45) is 0.432. The minimum Gasteiger partial charge on any atom is -0.465 e. The zero-order valence-electron chi connectivity index (χ0n) is 20.0. The van der Waals surface area contributed by atoms with Gasteiger partial charge in [-0.2, -0.15) is 0 Å². The Morgan fingerprint density at radius 3 is 1.86 bits per heavy atom. The molecule has 0 saturated heterocycles. The van der Waals surface area contributed by atoms with Crippen LogP contribution in [0.1, 0.15) is 38.3 Å². The van der Waals surface area contributed by atoms with Gasteiger partial charge in [0.15, 0.2) is 0 Å². The number of nitrogens with one attached hydrogen (secondary N) is 2. The Morgan fingerprint density at radius 2 is 1.33 bits per heavy atom. The Balaban J connectivity index is 1.63. The molecule has 0 unspecified atom stereocenters. The van der Waals surface area contributed by atoms with Crippen LogP contribution in [0.5, 0.6) is 0 Å². The second kappa shape index (κ2) is 11.5. The van der Waals surface area contributed by atoms with Crippen molar-refractivity contribution in [2.45, 2.75) is 24.7 Å². The summed E-state index contributed by atoms with van der Waals surface area (Å²) in [7, 11) is -1.33. The molecule has 0 atom stereocenters. The van der Waals surface area contributed by atoms with Crippen LogP contribution in [0.2, 0.25) is 0 Å². The molecule has 9 nitrogen and oxygen atoms in total. The number of carbonyl (C=O) groups is 3. The minimum atomic E-state index is -3.75. The van der Waals surface area contributed by atoms with Crippen LogP contribution in [0.3, 0.4) is 0 Å². The zero-order chi connectivity index (χ0) is 26.3. The highest BCUT2D eigenvalue weighted by atomic mass is 32.2. The van der Waals surface area contributed by atoms with Gasteiger partial charge in [0.25, 0.3) is 10.0 Å². The molecule has 3 aromatic rings. The number of amides is 1. The first-order valence-corrected chi connectivity index (χ1v) is 12.4. The Hall–Kier alpha value is -4.18. The van der Waals surface area contributed by atoms with Crippen molar-refractivity contribution in [1.29, 1.82) is 0 Å². The van der Waals surface area contributed by atoms with Crippen molar-refractivity contribution < 1.29 is 32.3 Å². The number of methoxy groups -OCH3 is 2. The lowest BCUT2D eigenvalue weighted by Crippen LogP contribution is -2.15. The van der Waals surface area contributed by atoms with Crippen molar-refractivity contribution in [3.05, 3.63) is 89.0 Å². The monoisotopic (exact) mass is 510 g/mol. The molecule has 10 heteroatoms. The summed E-state index contributed by atoms with van der Waals surface area (Å²) in [6.45, 7) is 1.91. The molecule has 188 valence electrons. The maximum atomic E-state index is 12.6. The Morgan fingerprint density at radius 1 is 0.778 bits per heavy atom. The van der Waals surface area contributed by atoms with Crippen molar-refractivity contribution >= 4 is 39.2 Å². The Labute approximate surface area is 209 Å². The molecule has 0 saturated carbocycles. The summed E-state index contributed by atoms with van der Waals surface area (Å²) < 4.78 is 37.2. The third kappa shape index (κ3) is 6.92. The maximum Gasteiger partial charge on any atom is 0.337 e. The second-order valence-corrected chi connectivity index (χ2v) is 9.63. The number of aryl methyl sites for hydroxylation is 2. The first-order valence-electron chi connectivity index (χ1n) is 10.9. The van der Waals surface area contributed by atoms with Crippen LogP contribution < -0.4 is 10.0 Å². The molecule has 3 rings (SSSR count). The molecule has 3 aromatic carbocycles. The molecule has 2 N–H and O–H groups in total. The van der Waals surface area contributed by atoms with Crippen LogP contribution in [-0.4, -0.2) is 40.5 Å². The van der Waals surface area contributed by atoms with E-state index >= 15 is 0 Å². The van der Waals surface area contributed by atoms with Gasteiger partial charge < -0.3 is 14.8 Å². The van der Waals surface area contributed by atoms with Crippen LogP contribution in [0, 0.1) is 6.92 Å². The van der Waals surface area contributed by atoms with Gasteiger partial charge in [-0.3, -0.25) is 9.52 Å². The molecule has 0 radical (unpaired) electrons. The number of rotatable bonds is 9. The topological polar surface area (TPSA) is 128 Å². The maximum absolute atomic E-state index is 12.6. The van der Waals surface area contributed by atoms with Gasteiger partial charge in [0.05, 0.1) is 30.2 Å². The minimum absolute atomic E-state index is 0.0870. The Kier molecular flexibility index (Phi) is 8.44. The zero-order valence-corrected chi connectivity index (χ0v) is 20.8. The lowest BCUT2D eigenvalue weighted by molar-refractivity contribution is -0.116. The van der Waals surface area contributed by atoms with E-state index in [2.05, 4.69) is 10.0 Å². The standard InChI is InChI=1S/C26H26N2O7S/c1-17-4-9-21(10-5-17)28-36(32,33)23-11-6-18(7-12-23)8-13-24(29)27-22-15-19(25(30)34-2)14-20(16-22)26(31)35-3/h4-7,9-12,14-16,28H,8,13H2,1-3H3,(H,27,29). The van der Waals surface area contributed by atoms with Gasteiger partial charge in [-0.1, -0.05) is 29.8 Å². The second-order valence-electron chi connectivity index (χ2n) is 7.95. The van der Waals surface area contributed by atoms with Crippen LogP contribution in [0.15, 0.2) is 71.6 Å². The lowest BCUT2D eigenvalue weighted by Gasteiger charge is -2.10. The number of hydrogen-bond acceptors (Lipinski definition) is 7. The Bertz CT molecular complexity index is 1330. The predicted octanol–water partition coefficient (Wildman–Crippen LogP) is 3.94. The van der Waals surface area contributed by atoms with E-state index in [0.29, 0.717) is 12.1 Å². The number of carbonyl (C=O) groups excluding carboxylic acids is 3. The van der Waals surface area contributed by atoms with Crippen molar-refractivity contribution in [2.75, 3.05) is 24.3 Å². The molecule has 0 aromatic heterocycles. The third-order valence-electron chi connectivity index (χ3n) is 5.24. The van der Waals surface area contributed by atoms with E-state index in [9.17, 15) is 22.8 Å². The number of sulfonamides is 1. The molecule has 0 aliphatic heterocycles. The molecule has 0 aliphatic rings. The predicted molar refractivity (Wildman–Crippen MR) is 135 cm³/mol. The van der Waals surface area contributed by atoms with E-state index in [1.54, 1.807) is 24.3 Å². The van der Waals surface area contributed by atoms with E-state index in [1.165, 1.54) is 44.6 Å². The summed E-state index contributed by atoms with van der Waals surface area (Å²) in [5.41, 5.74) is 2.67. The summed E-state index contributed by atoms with van der Waals surface area (Å²) in [6, 6.07) is 17.4. The van der Waals surface area contributed by atoms with Gasteiger partial charge in [-0.25, -0.2) is 18.0 Å². The van der Waals surface area contributed by atoms with Gasteiger partial charge in [0.1, 0.15) is 0 Å². The van der Waals surface area contributed by atoms with Gasteiger partial charge in [-0.05, 0) is 61.4 Å². The normalized spacial score (nSPS) is 10.9. The molecule has 36 heavy (non-hydrogen) atoms. The first-order chi connectivity index (χ1) is 17.1. The highest BCUT2D eigenvalue weighted by Crippen LogP contribution is 2.19. The van der Waals surface area contributed by atoms with Crippen LogP contribution in [-0.2, 0) is 30.7 Å². The van der Waals surface area contributed by atoms with E-state index < -0.39 is 22.0 Å². The van der Waals surface area contributed by atoms with Gasteiger partial charge >= 0.3 is 11.9 Å². The number of benzene rings is 3. The molecule has 0 spiro atoms. The summed E-state index contributed by atoms with van der Waals surface area (Å²) in [4.78, 5) is 36.4. The first kappa shape index (κ1) is 26.4. The summed E-state index contributed by atoms with van der Waals surface area (Å²) in [5, 5.41) is 2.66.